The van der Waals surface area contributed by atoms with E-state index < -0.39 is 0 Å². The summed E-state index contributed by atoms with van der Waals surface area (Å²) < 4.78 is 4.95. The summed E-state index contributed by atoms with van der Waals surface area (Å²) in [4.78, 5) is 25.3. The van der Waals surface area contributed by atoms with Crippen molar-refractivity contribution in [3.63, 3.8) is 0 Å². The lowest BCUT2D eigenvalue weighted by Gasteiger charge is -2.37. The number of nitrogens with zero attached hydrogens (tertiary/aromatic N) is 3. The van der Waals surface area contributed by atoms with Crippen molar-refractivity contribution in [3.05, 3.63) is 98.3 Å². The zero-order valence-corrected chi connectivity index (χ0v) is 16.9. The first kappa shape index (κ1) is 17.3. The van der Waals surface area contributed by atoms with Gasteiger partial charge in [-0.05, 0) is 23.3 Å². The highest BCUT2D eigenvalue weighted by molar-refractivity contribution is 5.78. The van der Waals surface area contributed by atoms with Crippen molar-refractivity contribution in [1.29, 1.82) is 0 Å². The fraction of sp³-hybridized carbons (Fsp3) is 0.250. The van der Waals surface area contributed by atoms with Gasteiger partial charge in [0.15, 0.2) is 0 Å². The smallest absolute Gasteiger partial charge is 0.332 e. The van der Waals surface area contributed by atoms with Crippen LogP contribution in [0.1, 0.15) is 28.8 Å². The van der Waals surface area contributed by atoms with E-state index in [4.69, 9.17) is 0 Å². The van der Waals surface area contributed by atoms with Crippen molar-refractivity contribution >= 4 is 16.7 Å². The van der Waals surface area contributed by atoms with Crippen molar-refractivity contribution in [2.24, 2.45) is 20.0 Å². The Morgan fingerprint density at radius 2 is 1.67 bits per heavy atom. The standard InChI is InChI=1S/C24H22N4O2/c1-26-22-16(23(29)27(2)24(26)30)12-19-21-17(13-28(19)22)20(14-8-4-3-5-9-14)15-10-6-7-11-18(15)25-21/h3-12,17,20-21,25H,13H2,1-2H3/t17-,20?,21+/m0/s1. The monoisotopic (exact) mass is 398 g/mol. The number of nitrogens with one attached hydrogen (secondary N) is 1. The molecular weight excluding hydrogens is 376 g/mol. The second kappa shape index (κ2) is 5.98. The summed E-state index contributed by atoms with van der Waals surface area (Å²) in [6.07, 6.45) is 0. The Morgan fingerprint density at radius 1 is 0.933 bits per heavy atom. The Hall–Kier alpha value is -3.54. The normalized spacial score (nSPS) is 21.7. The van der Waals surface area contributed by atoms with Crippen LogP contribution in [0.25, 0.3) is 11.0 Å². The zero-order chi connectivity index (χ0) is 20.6. The lowest BCUT2D eigenvalue weighted by molar-refractivity contribution is 0.402. The van der Waals surface area contributed by atoms with E-state index in [0.29, 0.717) is 17.0 Å². The topological polar surface area (TPSA) is 61.0 Å². The highest BCUT2D eigenvalue weighted by Crippen LogP contribution is 2.52. The largest absolute Gasteiger partial charge is 0.376 e. The predicted molar refractivity (Wildman–Crippen MR) is 117 cm³/mol. The lowest BCUT2D eigenvalue weighted by atomic mass is 9.74. The third-order valence-electron chi connectivity index (χ3n) is 6.86. The molecule has 0 saturated heterocycles. The Labute approximate surface area is 173 Å². The number of aromatic nitrogens is 3. The SMILES string of the molecule is Cn1c(=O)c2cc3n(c2n(C)c1=O)C[C@H]1C(c2ccccc2)c2ccccc2N[C@@H]31. The summed E-state index contributed by atoms with van der Waals surface area (Å²) in [6, 6.07) is 21.2. The van der Waals surface area contributed by atoms with Gasteiger partial charge in [0.1, 0.15) is 5.65 Å². The minimum absolute atomic E-state index is 0.0808. The van der Waals surface area contributed by atoms with Gasteiger partial charge in [0.05, 0.1) is 11.4 Å². The van der Waals surface area contributed by atoms with Crippen molar-refractivity contribution in [3.8, 4) is 0 Å². The van der Waals surface area contributed by atoms with Crippen molar-refractivity contribution in [1.82, 2.24) is 13.7 Å². The molecule has 3 atom stereocenters. The molecule has 150 valence electrons. The Kier molecular flexibility index (Phi) is 3.46. The number of rotatable bonds is 1. The number of hydrogen-bond acceptors (Lipinski definition) is 3. The van der Waals surface area contributed by atoms with Crippen LogP contribution in [0.4, 0.5) is 5.69 Å². The van der Waals surface area contributed by atoms with E-state index in [1.807, 2.05) is 12.1 Å². The van der Waals surface area contributed by atoms with Gasteiger partial charge in [-0.25, -0.2) is 4.79 Å². The molecule has 0 amide bonds. The van der Waals surface area contributed by atoms with E-state index in [1.165, 1.54) is 22.7 Å². The van der Waals surface area contributed by atoms with E-state index in [0.717, 1.165) is 17.9 Å². The van der Waals surface area contributed by atoms with Crippen LogP contribution in [0.3, 0.4) is 0 Å². The molecular formula is C24H22N4O2. The van der Waals surface area contributed by atoms with E-state index in [-0.39, 0.29) is 23.2 Å². The number of anilines is 1. The highest BCUT2D eigenvalue weighted by Gasteiger charge is 2.44. The molecule has 6 rings (SSSR count). The van der Waals surface area contributed by atoms with Gasteiger partial charge in [-0.3, -0.25) is 13.9 Å². The van der Waals surface area contributed by atoms with Gasteiger partial charge in [0.25, 0.3) is 5.56 Å². The molecule has 30 heavy (non-hydrogen) atoms. The maximum absolute atomic E-state index is 12.8. The first-order valence-corrected chi connectivity index (χ1v) is 10.3. The van der Waals surface area contributed by atoms with Crippen LogP contribution in [-0.2, 0) is 20.6 Å². The van der Waals surface area contributed by atoms with Crippen LogP contribution in [0.2, 0.25) is 0 Å². The van der Waals surface area contributed by atoms with Crippen LogP contribution < -0.4 is 16.6 Å². The molecule has 0 aliphatic carbocycles. The molecule has 4 aromatic rings. The molecule has 0 saturated carbocycles. The molecule has 6 nitrogen and oxygen atoms in total. The van der Waals surface area contributed by atoms with E-state index in [9.17, 15) is 9.59 Å². The summed E-state index contributed by atoms with van der Waals surface area (Å²) in [7, 11) is 3.28. The zero-order valence-electron chi connectivity index (χ0n) is 16.9. The maximum Gasteiger partial charge on any atom is 0.332 e. The van der Waals surface area contributed by atoms with Crippen LogP contribution in [0.5, 0.6) is 0 Å². The van der Waals surface area contributed by atoms with Gasteiger partial charge >= 0.3 is 5.69 Å². The fourth-order valence-electron chi connectivity index (χ4n) is 5.51. The molecule has 2 aliphatic rings. The molecule has 1 unspecified atom stereocenters. The third kappa shape index (κ3) is 2.13. The summed E-state index contributed by atoms with van der Waals surface area (Å²) in [6.45, 7) is 0.755. The summed E-state index contributed by atoms with van der Waals surface area (Å²) in [5.41, 5.74) is 4.98. The summed E-state index contributed by atoms with van der Waals surface area (Å²) in [5.74, 6) is 0.535. The lowest BCUT2D eigenvalue weighted by Crippen LogP contribution is -2.37. The first-order chi connectivity index (χ1) is 14.6. The van der Waals surface area contributed by atoms with Crippen LogP contribution >= 0.6 is 0 Å². The van der Waals surface area contributed by atoms with Crippen molar-refractivity contribution in [2.75, 3.05) is 5.32 Å². The van der Waals surface area contributed by atoms with E-state index in [1.54, 1.807) is 11.6 Å². The molecule has 1 N–H and O–H groups in total. The Balaban J connectivity index is 1.60. The van der Waals surface area contributed by atoms with Gasteiger partial charge < -0.3 is 9.88 Å². The first-order valence-electron chi connectivity index (χ1n) is 10.3. The van der Waals surface area contributed by atoms with Gasteiger partial charge in [-0.1, -0.05) is 48.5 Å². The van der Waals surface area contributed by atoms with Crippen molar-refractivity contribution < 1.29 is 0 Å². The Morgan fingerprint density at radius 3 is 2.47 bits per heavy atom. The Bertz CT molecular complexity index is 1430. The average molecular weight is 398 g/mol. The fourth-order valence-corrected chi connectivity index (χ4v) is 5.51. The van der Waals surface area contributed by atoms with Crippen LogP contribution in [0, 0.1) is 5.92 Å². The molecule has 0 spiro atoms. The number of aryl methyl sites for hydroxylation is 1. The number of benzene rings is 2. The molecule has 4 heterocycles. The third-order valence-corrected chi connectivity index (χ3v) is 6.86. The number of hydrogen-bond donors (Lipinski definition) is 1. The number of fused-ring (bicyclic) bond motifs is 6. The molecule has 2 aromatic heterocycles. The van der Waals surface area contributed by atoms with Gasteiger partial charge in [0.2, 0.25) is 0 Å². The minimum Gasteiger partial charge on any atom is -0.376 e. The number of para-hydroxylation sites is 1. The average Bonchev–Trinajstić information content (AvgIpc) is 3.31. The summed E-state index contributed by atoms with van der Waals surface area (Å²) >= 11 is 0. The van der Waals surface area contributed by atoms with E-state index >= 15 is 0 Å². The molecule has 2 aromatic carbocycles. The second-order valence-corrected chi connectivity index (χ2v) is 8.38. The van der Waals surface area contributed by atoms with Gasteiger partial charge in [-0.2, -0.15) is 0 Å². The molecule has 0 fully saturated rings. The van der Waals surface area contributed by atoms with Crippen molar-refractivity contribution in [2.45, 2.75) is 18.5 Å². The molecule has 0 radical (unpaired) electrons. The predicted octanol–water partition coefficient (Wildman–Crippen LogP) is 2.97. The van der Waals surface area contributed by atoms with Crippen LogP contribution in [0.15, 0.2) is 70.3 Å². The molecule has 6 heteroatoms. The van der Waals surface area contributed by atoms with Crippen LogP contribution in [-0.4, -0.2) is 13.7 Å². The quantitative estimate of drug-likeness (QED) is 0.536. The highest BCUT2D eigenvalue weighted by atomic mass is 16.2. The van der Waals surface area contributed by atoms with Gasteiger partial charge in [-0.15, -0.1) is 0 Å². The molecule has 2 aliphatic heterocycles. The summed E-state index contributed by atoms with van der Waals surface area (Å²) in [5, 5.41) is 4.33. The minimum atomic E-state index is -0.292. The van der Waals surface area contributed by atoms with E-state index in [2.05, 4.69) is 58.4 Å². The van der Waals surface area contributed by atoms with Gasteiger partial charge in [0, 0.05) is 43.9 Å². The maximum atomic E-state index is 12.8. The second-order valence-electron chi connectivity index (χ2n) is 8.38. The molecule has 0 bridgehead atoms.